The third-order valence-corrected chi connectivity index (χ3v) is 2.63. The van der Waals surface area contributed by atoms with Crippen molar-refractivity contribution >= 4 is 12.0 Å². The number of nitrogen functional groups attached to an aromatic ring is 1. The summed E-state index contributed by atoms with van der Waals surface area (Å²) in [5.41, 5.74) is 6.92. The van der Waals surface area contributed by atoms with Crippen molar-refractivity contribution in [3.05, 3.63) is 11.5 Å². The molecule has 0 aromatic carbocycles. The van der Waals surface area contributed by atoms with Gasteiger partial charge in [0.1, 0.15) is 11.4 Å². The van der Waals surface area contributed by atoms with Crippen LogP contribution in [-0.4, -0.2) is 11.4 Å². The standard InChI is InChI=1S/C9H12N2O2/c10-8-7(5-12)13-11-9(8)6-3-1-2-4-6/h5-6H,1-4,10H2. The molecule has 1 fully saturated rings. The van der Waals surface area contributed by atoms with Crippen LogP contribution in [0.15, 0.2) is 4.52 Å². The first-order chi connectivity index (χ1) is 6.33. The van der Waals surface area contributed by atoms with Gasteiger partial charge in [-0.3, -0.25) is 4.79 Å². The Kier molecular flexibility index (Phi) is 2.04. The number of carbonyl (C=O) groups excluding carboxylic acids is 1. The molecule has 4 nitrogen and oxygen atoms in total. The maximum Gasteiger partial charge on any atom is 0.222 e. The molecule has 0 atom stereocenters. The number of aromatic nitrogens is 1. The van der Waals surface area contributed by atoms with E-state index in [2.05, 4.69) is 5.16 Å². The Morgan fingerprint density at radius 2 is 2.15 bits per heavy atom. The summed E-state index contributed by atoms with van der Waals surface area (Å²) in [6.07, 6.45) is 5.26. The van der Waals surface area contributed by atoms with Crippen LogP contribution in [0.2, 0.25) is 0 Å². The smallest absolute Gasteiger partial charge is 0.222 e. The molecule has 0 amide bonds. The Bertz CT molecular complexity index is 313. The lowest BCUT2D eigenvalue weighted by molar-refractivity contribution is 0.109. The molecule has 0 saturated heterocycles. The van der Waals surface area contributed by atoms with Crippen LogP contribution < -0.4 is 5.73 Å². The SMILES string of the molecule is Nc1c(C2CCCC2)noc1C=O. The second-order valence-electron chi connectivity index (χ2n) is 3.44. The number of hydrogen-bond acceptors (Lipinski definition) is 4. The minimum atomic E-state index is 0.168. The molecule has 1 heterocycles. The van der Waals surface area contributed by atoms with Crippen LogP contribution in [0.5, 0.6) is 0 Å². The highest BCUT2D eigenvalue weighted by Crippen LogP contribution is 2.36. The van der Waals surface area contributed by atoms with Gasteiger partial charge in [0.15, 0.2) is 6.29 Å². The van der Waals surface area contributed by atoms with Gasteiger partial charge in [0.2, 0.25) is 5.76 Å². The van der Waals surface area contributed by atoms with Crippen molar-refractivity contribution in [1.29, 1.82) is 0 Å². The molecule has 0 unspecified atom stereocenters. The van der Waals surface area contributed by atoms with E-state index in [0.29, 0.717) is 17.9 Å². The summed E-state index contributed by atoms with van der Waals surface area (Å²) in [7, 11) is 0. The molecule has 0 spiro atoms. The van der Waals surface area contributed by atoms with Crippen LogP contribution in [0.1, 0.15) is 47.8 Å². The predicted octanol–water partition coefficient (Wildman–Crippen LogP) is 1.73. The summed E-state index contributed by atoms with van der Waals surface area (Å²) in [5, 5.41) is 3.84. The monoisotopic (exact) mass is 180 g/mol. The molecule has 1 aromatic heterocycles. The molecule has 1 aliphatic carbocycles. The van der Waals surface area contributed by atoms with Gasteiger partial charge >= 0.3 is 0 Å². The van der Waals surface area contributed by atoms with Crippen molar-refractivity contribution in [1.82, 2.24) is 5.16 Å². The molecule has 1 saturated carbocycles. The number of anilines is 1. The van der Waals surface area contributed by atoms with E-state index in [1.807, 2.05) is 0 Å². The van der Waals surface area contributed by atoms with Crippen LogP contribution in [0, 0.1) is 0 Å². The fourth-order valence-electron chi connectivity index (χ4n) is 1.90. The zero-order valence-corrected chi connectivity index (χ0v) is 7.32. The molecule has 0 radical (unpaired) electrons. The summed E-state index contributed by atoms with van der Waals surface area (Å²) in [4.78, 5) is 10.4. The average Bonchev–Trinajstić information content (AvgIpc) is 2.72. The predicted molar refractivity (Wildman–Crippen MR) is 47.5 cm³/mol. The van der Waals surface area contributed by atoms with E-state index in [0.717, 1.165) is 18.5 Å². The van der Waals surface area contributed by atoms with Gasteiger partial charge < -0.3 is 10.3 Å². The van der Waals surface area contributed by atoms with Gasteiger partial charge in [-0.15, -0.1) is 0 Å². The minimum absolute atomic E-state index is 0.168. The second kappa shape index (κ2) is 3.20. The molecule has 0 aliphatic heterocycles. The molecule has 2 N–H and O–H groups in total. The minimum Gasteiger partial charge on any atom is -0.394 e. The van der Waals surface area contributed by atoms with E-state index in [1.165, 1.54) is 12.8 Å². The highest BCUT2D eigenvalue weighted by Gasteiger charge is 2.24. The Morgan fingerprint density at radius 1 is 1.46 bits per heavy atom. The molecule has 2 rings (SSSR count). The zero-order valence-electron chi connectivity index (χ0n) is 7.32. The first-order valence-corrected chi connectivity index (χ1v) is 4.53. The summed E-state index contributed by atoms with van der Waals surface area (Å²) >= 11 is 0. The van der Waals surface area contributed by atoms with Crippen molar-refractivity contribution in [2.24, 2.45) is 0 Å². The van der Waals surface area contributed by atoms with Gasteiger partial charge in [-0.05, 0) is 12.8 Å². The summed E-state index contributed by atoms with van der Waals surface area (Å²) < 4.78 is 4.81. The fourth-order valence-corrected chi connectivity index (χ4v) is 1.90. The van der Waals surface area contributed by atoms with Gasteiger partial charge in [-0.1, -0.05) is 18.0 Å². The van der Waals surface area contributed by atoms with Crippen molar-refractivity contribution < 1.29 is 9.32 Å². The van der Waals surface area contributed by atoms with Crippen molar-refractivity contribution in [2.75, 3.05) is 5.73 Å². The number of hydrogen-bond donors (Lipinski definition) is 1. The largest absolute Gasteiger partial charge is 0.394 e. The van der Waals surface area contributed by atoms with Gasteiger partial charge in [0, 0.05) is 5.92 Å². The molecular weight excluding hydrogens is 168 g/mol. The lowest BCUT2D eigenvalue weighted by Crippen LogP contribution is -1.98. The second-order valence-corrected chi connectivity index (χ2v) is 3.44. The van der Waals surface area contributed by atoms with Gasteiger partial charge in [0.25, 0.3) is 0 Å². The van der Waals surface area contributed by atoms with Gasteiger partial charge in [-0.25, -0.2) is 0 Å². The quantitative estimate of drug-likeness (QED) is 0.703. The molecule has 70 valence electrons. The van der Waals surface area contributed by atoms with E-state index in [1.54, 1.807) is 0 Å². The number of aldehydes is 1. The topological polar surface area (TPSA) is 69.1 Å². The number of carbonyl (C=O) groups is 1. The molecule has 0 bridgehead atoms. The number of nitrogens with two attached hydrogens (primary N) is 1. The van der Waals surface area contributed by atoms with Crippen LogP contribution in [0.25, 0.3) is 0 Å². The lowest BCUT2D eigenvalue weighted by Gasteiger charge is -2.03. The number of nitrogens with zero attached hydrogens (tertiary/aromatic N) is 1. The summed E-state index contributed by atoms with van der Waals surface area (Å²) in [5.74, 6) is 0.569. The highest BCUT2D eigenvalue weighted by atomic mass is 16.5. The van der Waals surface area contributed by atoms with E-state index in [-0.39, 0.29) is 5.76 Å². The average molecular weight is 180 g/mol. The van der Waals surface area contributed by atoms with Crippen molar-refractivity contribution in [3.8, 4) is 0 Å². The first-order valence-electron chi connectivity index (χ1n) is 4.53. The Balaban J connectivity index is 2.29. The highest BCUT2D eigenvalue weighted by molar-refractivity contribution is 5.80. The third-order valence-electron chi connectivity index (χ3n) is 2.63. The zero-order chi connectivity index (χ0) is 9.26. The fraction of sp³-hybridized carbons (Fsp3) is 0.556. The lowest BCUT2D eigenvalue weighted by atomic mass is 10.0. The maximum atomic E-state index is 10.4. The molecule has 1 aliphatic rings. The molecule has 4 heteroatoms. The van der Waals surface area contributed by atoms with Crippen LogP contribution in [0.3, 0.4) is 0 Å². The van der Waals surface area contributed by atoms with Gasteiger partial charge in [0.05, 0.1) is 0 Å². The first kappa shape index (κ1) is 8.29. The van der Waals surface area contributed by atoms with Crippen molar-refractivity contribution in [2.45, 2.75) is 31.6 Å². The Hall–Kier alpha value is -1.32. The van der Waals surface area contributed by atoms with Crippen LogP contribution in [0.4, 0.5) is 5.69 Å². The maximum absolute atomic E-state index is 10.4. The van der Waals surface area contributed by atoms with E-state index >= 15 is 0 Å². The third kappa shape index (κ3) is 1.32. The molecular formula is C9H12N2O2. The van der Waals surface area contributed by atoms with E-state index in [9.17, 15) is 4.79 Å². The van der Waals surface area contributed by atoms with E-state index in [4.69, 9.17) is 10.3 Å². The number of rotatable bonds is 2. The van der Waals surface area contributed by atoms with Crippen molar-refractivity contribution in [3.63, 3.8) is 0 Å². The molecule has 1 aromatic rings. The van der Waals surface area contributed by atoms with Crippen LogP contribution in [-0.2, 0) is 0 Å². The van der Waals surface area contributed by atoms with E-state index < -0.39 is 0 Å². The summed E-state index contributed by atoms with van der Waals surface area (Å²) in [6, 6.07) is 0. The Labute approximate surface area is 76.1 Å². The summed E-state index contributed by atoms with van der Waals surface area (Å²) in [6.45, 7) is 0. The molecule has 13 heavy (non-hydrogen) atoms. The van der Waals surface area contributed by atoms with Crippen LogP contribution >= 0.6 is 0 Å². The normalized spacial score (nSPS) is 17.8. The van der Waals surface area contributed by atoms with Gasteiger partial charge in [-0.2, -0.15) is 0 Å². The Morgan fingerprint density at radius 3 is 2.69 bits per heavy atom.